The van der Waals surface area contributed by atoms with Crippen molar-refractivity contribution in [3.63, 3.8) is 0 Å². The maximum atomic E-state index is 12.2. The van der Waals surface area contributed by atoms with Gasteiger partial charge in [0.05, 0.1) is 13.3 Å². The van der Waals surface area contributed by atoms with Gasteiger partial charge >= 0.3 is 0 Å². The van der Waals surface area contributed by atoms with Gasteiger partial charge in [0.15, 0.2) is 18.1 Å². The van der Waals surface area contributed by atoms with E-state index in [1.54, 1.807) is 19.4 Å². The fourth-order valence-electron chi connectivity index (χ4n) is 3.17. The maximum Gasteiger partial charge on any atom is 0.263 e. The largest absolute Gasteiger partial charge is 0.493 e. The number of carbonyl (C=O) groups is 1. The molecule has 2 aromatic rings. The monoisotopic (exact) mass is 430 g/mol. The lowest BCUT2D eigenvalue weighted by Gasteiger charge is -2.29. The van der Waals surface area contributed by atoms with Crippen LogP contribution in [0.5, 0.6) is 11.5 Å². The molecular formula is C23H27ClN2O4. The summed E-state index contributed by atoms with van der Waals surface area (Å²) in [6, 6.07) is 13.0. The number of rotatable bonds is 8. The fraction of sp³-hybridized carbons (Fsp3) is 0.391. The lowest BCUT2D eigenvalue weighted by Crippen LogP contribution is -2.39. The molecule has 1 heterocycles. The summed E-state index contributed by atoms with van der Waals surface area (Å²) in [5.74, 6) is 1.87. The van der Waals surface area contributed by atoms with E-state index in [2.05, 4.69) is 12.1 Å². The van der Waals surface area contributed by atoms with Gasteiger partial charge in [0, 0.05) is 23.7 Å². The molecule has 30 heavy (non-hydrogen) atoms. The highest BCUT2D eigenvalue weighted by Gasteiger charge is 2.20. The number of hydrogen-bond donors (Lipinski definition) is 0. The Kier molecular flexibility index (Phi) is 7.97. The topological polar surface area (TPSA) is 60.4 Å². The molecule has 0 saturated carbocycles. The third kappa shape index (κ3) is 6.39. The number of amides is 1. The number of methoxy groups -OCH3 is 1. The van der Waals surface area contributed by atoms with Crippen LogP contribution in [0.2, 0.25) is 5.02 Å². The van der Waals surface area contributed by atoms with Crippen LogP contribution in [0.4, 0.5) is 0 Å². The number of oxime groups is 1. The van der Waals surface area contributed by atoms with E-state index >= 15 is 0 Å². The van der Waals surface area contributed by atoms with Crippen molar-refractivity contribution in [1.29, 1.82) is 0 Å². The average molecular weight is 431 g/mol. The molecule has 2 aromatic carbocycles. The smallest absolute Gasteiger partial charge is 0.263 e. The van der Waals surface area contributed by atoms with Crippen molar-refractivity contribution in [2.24, 2.45) is 11.1 Å². The fourth-order valence-corrected chi connectivity index (χ4v) is 3.29. The van der Waals surface area contributed by atoms with Gasteiger partial charge in [0.25, 0.3) is 5.91 Å². The minimum Gasteiger partial charge on any atom is -0.493 e. The van der Waals surface area contributed by atoms with Gasteiger partial charge in [0.2, 0.25) is 0 Å². The van der Waals surface area contributed by atoms with Gasteiger partial charge in [-0.25, -0.2) is 0 Å². The highest BCUT2D eigenvalue weighted by Crippen LogP contribution is 2.28. The second-order valence-electron chi connectivity index (χ2n) is 7.40. The van der Waals surface area contributed by atoms with Gasteiger partial charge in [0.1, 0.15) is 6.61 Å². The number of ether oxygens (including phenoxy) is 2. The summed E-state index contributed by atoms with van der Waals surface area (Å²) in [5.41, 5.74) is 1.79. The normalized spacial score (nSPS) is 14.7. The Morgan fingerprint density at radius 3 is 2.60 bits per heavy atom. The number of likely N-dealkylation sites (tertiary alicyclic amines) is 1. The second-order valence-corrected chi connectivity index (χ2v) is 7.83. The molecule has 0 N–H and O–H groups in total. The van der Waals surface area contributed by atoms with Crippen LogP contribution >= 0.6 is 11.6 Å². The number of benzene rings is 2. The lowest BCUT2D eigenvalue weighted by atomic mass is 9.99. The molecule has 1 saturated heterocycles. The zero-order valence-corrected chi connectivity index (χ0v) is 18.1. The van der Waals surface area contributed by atoms with Crippen LogP contribution in [0.3, 0.4) is 0 Å². The van der Waals surface area contributed by atoms with Gasteiger partial charge in [-0.1, -0.05) is 35.8 Å². The minimum atomic E-state index is -0.0513. The van der Waals surface area contributed by atoms with Crippen molar-refractivity contribution in [2.75, 3.05) is 26.8 Å². The number of halogens is 1. The summed E-state index contributed by atoms with van der Waals surface area (Å²) in [5, 5.41) is 4.61. The van der Waals surface area contributed by atoms with Crippen molar-refractivity contribution in [3.05, 3.63) is 58.6 Å². The van der Waals surface area contributed by atoms with E-state index in [0.29, 0.717) is 29.0 Å². The van der Waals surface area contributed by atoms with Crippen molar-refractivity contribution in [1.82, 2.24) is 4.90 Å². The van der Waals surface area contributed by atoms with Crippen molar-refractivity contribution < 1.29 is 19.1 Å². The Morgan fingerprint density at radius 2 is 1.90 bits per heavy atom. The molecule has 0 unspecified atom stereocenters. The molecule has 6 nitrogen and oxygen atoms in total. The van der Waals surface area contributed by atoms with E-state index < -0.39 is 0 Å². The quantitative estimate of drug-likeness (QED) is 0.455. The predicted octanol–water partition coefficient (Wildman–Crippen LogP) is 4.54. The summed E-state index contributed by atoms with van der Waals surface area (Å²) in [7, 11) is 1.58. The van der Waals surface area contributed by atoms with Crippen LogP contribution in [-0.2, 0) is 16.2 Å². The summed E-state index contributed by atoms with van der Waals surface area (Å²) in [4.78, 5) is 19.2. The SMILES string of the molecule is COc1cc(/C=N/OCC(=O)N2CCC(C)CC2)ccc1OCc1ccc(Cl)cc1. The third-order valence-electron chi connectivity index (χ3n) is 5.10. The molecule has 0 radical (unpaired) electrons. The highest BCUT2D eigenvalue weighted by molar-refractivity contribution is 6.30. The molecule has 1 fully saturated rings. The minimum absolute atomic E-state index is 0.0254. The van der Waals surface area contributed by atoms with Gasteiger partial charge < -0.3 is 19.2 Å². The number of carbonyl (C=O) groups excluding carboxylic acids is 1. The summed E-state index contributed by atoms with van der Waals surface area (Å²) < 4.78 is 11.3. The molecule has 3 rings (SSSR count). The lowest BCUT2D eigenvalue weighted by molar-refractivity contribution is -0.137. The van der Waals surface area contributed by atoms with Crippen LogP contribution in [0.1, 0.15) is 30.9 Å². The zero-order chi connectivity index (χ0) is 21.3. The molecular weight excluding hydrogens is 404 g/mol. The van der Waals surface area contributed by atoms with Gasteiger partial charge in [-0.05, 0) is 54.7 Å². The predicted molar refractivity (Wildman–Crippen MR) is 117 cm³/mol. The van der Waals surface area contributed by atoms with E-state index in [9.17, 15) is 4.79 Å². The first-order valence-corrected chi connectivity index (χ1v) is 10.4. The Morgan fingerprint density at radius 1 is 1.17 bits per heavy atom. The van der Waals surface area contributed by atoms with Crippen LogP contribution < -0.4 is 9.47 Å². The molecule has 1 aliphatic heterocycles. The average Bonchev–Trinajstić information content (AvgIpc) is 2.77. The summed E-state index contributed by atoms with van der Waals surface area (Å²) >= 11 is 5.90. The molecule has 7 heteroatoms. The molecule has 0 spiro atoms. The summed E-state index contributed by atoms with van der Waals surface area (Å²) in [6.45, 7) is 4.15. The summed E-state index contributed by atoms with van der Waals surface area (Å²) in [6.07, 6.45) is 3.64. The third-order valence-corrected chi connectivity index (χ3v) is 5.35. The first kappa shape index (κ1) is 22.0. The van der Waals surface area contributed by atoms with E-state index in [4.69, 9.17) is 25.9 Å². The maximum absolute atomic E-state index is 12.2. The Bertz CT molecular complexity index is 862. The highest BCUT2D eigenvalue weighted by atomic mass is 35.5. The first-order chi connectivity index (χ1) is 14.5. The molecule has 1 amide bonds. The van der Waals surface area contributed by atoms with Crippen molar-refractivity contribution in [3.8, 4) is 11.5 Å². The van der Waals surface area contributed by atoms with Gasteiger partial charge in [-0.3, -0.25) is 4.79 Å². The van der Waals surface area contributed by atoms with Gasteiger partial charge in [-0.2, -0.15) is 0 Å². The van der Waals surface area contributed by atoms with E-state index in [0.717, 1.165) is 37.1 Å². The molecule has 0 aromatic heterocycles. The van der Waals surface area contributed by atoms with Crippen LogP contribution in [0.15, 0.2) is 47.6 Å². The second kappa shape index (κ2) is 10.9. The van der Waals surface area contributed by atoms with Crippen LogP contribution in [0, 0.1) is 5.92 Å². The van der Waals surface area contributed by atoms with E-state index in [-0.39, 0.29) is 12.5 Å². The van der Waals surface area contributed by atoms with Crippen LogP contribution in [0.25, 0.3) is 0 Å². The molecule has 1 aliphatic rings. The number of hydrogen-bond acceptors (Lipinski definition) is 5. The Labute approximate surface area is 182 Å². The Balaban J connectivity index is 1.50. The molecule has 160 valence electrons. The zero-order valence-electron chi connectivity index (χ0n) is 17.3. The van der Waals surface area contributed by atoms with Crippen molar-refractivity contribution >= 4 is 23.7 Å². The Hall–Kier alpha value is -2.73. The van der Waals surface area contributed by atoms with E-state index in [1.165, 1.54) is 0 Å². The standard InChI is InChI=1S/C23H27ClN2O4/c1-17-9-11-26(12-10-17)23(27)16-30-25-14-19-5-8-21(22(13-19)28-2)29-15-18-3-6-20(24)7-4-18/h3-8,13-14,17H,9-12,15-16H2,1-2H3/b25-14+. The first-order valence-electron chi connectivity index (χ1n) is 10.0. The molecule has 0 aliphatic carbocycles. The van der Waals surface area contributed by atoms with Gasteiger partial charge in [-0.15, -0.1) is 0 Å². The molecule has 0 atom stereocenters. The molecule has 0 bridgehead atoms. The van der Waals surface area contributed by atoms with E-state index in [1.807, 2.05) is 41.3 Å². The van der Waals surface area contributed by atoms with Crippen molar-refractivity contribution in [2.45, 2.75) is 26.4 Å². The number of piperidine rings is 1. The number of nitrogens with zero attached hydrogens (tertiary/aromatic N) is 2. The van der Waals surface area contributed by atoms with Crippen LogP contribution in [-0.4, -0.2) is 43.8 Å².